The molecule has 1 rings (SSSR count). The second-order valence-corrected chi connectivity index (χ2v) is 2.50. The molecule has 0 bridgehead atoms. The minimum Gasteiger partial charge on any atom is -0.390 e. The Morgan fingerprint density at radius 1 is 1.22 bits per heavy atom. The monoisotopic (exact) mass is 132 g/mol. The van der Waals surface area contributed by atoms with Gasteiger partial charge in [-0.05, 0) is 12.8 Å². The summed E-state index contributed by atoms with van der Waals surface area (Å²) >= 11 is 0. The standard InChI is InChI=1S/C6H12O3/c7-5-3-1-2-4-6(5)9-8/h5-8H,1-4H2/t5-,6+/m1/s1. The maximum absolute atomic E-state index is 9.08. The molecular formula is C6H12O3. The molecule has 0 unspecified atom stereocenters. The highest BCUT2D eigenvalue weighted by molar-refractivity contribution is 4.73. The lowest BCUT2D eigenvalue weighted by Gasteiger charge is -2.23. The van der Waals surface area contributed by atoms with Crippen molar-refractivity contribution in [3.63, 3.8) is 0 Å². The molecule has 2 atom stereocenters. The third kappa shape index (κ3) is 1.64. The summed E-state index contributed by atoms with van der Waals surface area (Å²) in [5.74, 6) is 0. The predicted molar refractivity (Wildman–Crippen MR) is 32.0 cm³/mol. The summed E-state index contributed by atoms with van der Waals surface area (Å²) in [6.45, 7) is 0. The van der Waals surface area contributed by atoms with Crippen LogP contribution in [0.1, 0.15) is 25.7 Å². The molecule has 0 aromatic carbocycles. The van der Waals surface area contributed by atoms with E-state index < -0.39 is 6.10 Å². The number of aliphatic hydroxyl groups excluding tert-OH is 1. The van der Waals surface area contributed by atoms with Gasteiger partial charge in [-0.15, -0.1) is 0 Å². The largest absolute Gasteiger partial charge is 0.390 e. The third-order valence-electron chi connectivity index (χ3n) is 1.80. The van der Waals surface area contributed by atoms with Crippen LogP contribution in [0.2, 0.25) is 0 Å². The van der Waals surface area contributed by atoms with Crippen LogP contribution in [0.25, 0.3) is 0 Å². The summed E-state index contributed by atoms with van der Waals surface area (Å²) in [7, 11) is 0. The van der Waals surface area contributed by atoms with Crippen LogP contribution in [0.5, 0.6) is 0 Å². The van der Waals surface area contributed by atoms with E-state index in [2.05, 4.69) is 4.89 Å². The minimum absolute atomic E-state index is 0.334. The molecule has 0 aliphatic heterocycles. The molecule has 1 aliphatic carbocycles. The maximum atomic E-state index is 9.08. The Hall–Kier alpha value is -0.120. The molecule has 0 aromatic heterocycles. The molecule has 0 amide bonds. The summed E-state index contributed by atoms with van der Waals surface area (Å²) < 4.78 is 0. The Bertz CT molecular complexity index is 84.4. The van der Waals surface area contributed by atoms with Crippen molar-refractivity contribution in [3.8, 4) is 0 Å². The average molecular weight is 132 g/mol. The topological polar surface area (TPSA) is 49.7 Å². The number of rotatable bonds is 1. The molecule has 3 heteroatoms. The lowest BCUT2D eigenvalue weighted by molar-refractivity contribution is -0.301. The van der Waals surface area contributed by atoms with Gasteiger partial charge in [0.25, 0.3) is 0 Å². The fraction of sp³-hybridized carbons (Fsp3) is 1.00. The molecule has 0 spiro atoms. The molecule has 0 saturated heterocycles. The van der Waals surface area contributed by atoms with Gasteiger partial charge in [-0.25, -0.2) is 4.89 Å². The first-order chi connectivity index (χ1) is 4.34. The zero-order valence-corrected chi connectivity index (χ0v) is 5.29. The Labute approximate surface area is 54.2 Å². The summed E-state index contributed by atoms with van der Waals surface area (Å²) in [4.78, 5) is 4.05. The normalized spacial score (nSPS) is 36.7. The van der Waals surface area contributed by atoms with Gasteiger partial charge in [-0.3, -0.25) is 5.26 Å². The van der Waals surface area contributed by atoms with Crippen molar-refractivity contribution in [2.75, 3.05) is 0 Å². The first kappa shape index (κ1) is 6.99. The van der Waals surface area contributed by atoms with Gasteiger partial charge in [-0.1, -0.05) is 12.8 Å². The fourth-order valence-corrected chi connectivity index (χ4v) is 1.20. The summed E-state index contributed by atoms with van der Waals surface area (Å²) in [5, 5.41) is 17.3. The van der Waals surface area contributed by atoms with Crippen LogP contribution in [0.4, 0.5) is 0 Å². The Morgan fingerprint density at radius 2 is 1.89 bits per heavy atom. The van der Waals surface area contributed by atoms with Crippen molar-refractivity contribution in [1.82, 2.24) is 0 Å². The van der Waals surface area contributed by atoms with E-state index in [4.69, 9.17) is 10.4 Å². The third-order valence-corrected chi connectivity index (χ3v) is 1.80. The van der Waals surface area contributed by atoms with Gasteiger partial charge in [0.05, 0.1) is 6.10 Å². The summed E-state index contributed by atoms with van der Waals surface area (Å²) in [6, 6.07) is 0. The molecule has 0 aromatic rings. The molecule has 1 saturated carbocycles. The van der Waals surface area contributed by atoms with Gasteiger partial charge in [0.2, 0.25) is 0 Å². The molecule has 0 radical (unpaired) electrons. The SMILES string of the molecule is OO[C@H]1CCCC[C@H]1O. The highest BCUT2D eigenvalue weighted by Gasteiger charge is 2.23. The van der Waals surface area contributed by atoms with E-state index in [0.717, 1.165) is 25.7 Å². The van der Waals surface area contributed by atoms with Crippen LogP contribution in [-0.4, -0.2) is 22.6 Å². The van der Waals surface area contributed by atoms with Crippen molar-refractivity contribution in [2.45, 2.75) is 37.9 Å². The van der Waals surface area contributed by atoms with Gasteiger partial charge in [0.1, 0.15) is 6.10 Å². The molecule has 1 fully saturated rings. The number of aliphatic hydroxyl groups is 1. The first-order valence-electron chi connectivity index (χ1n) is 3.33. The van der Waals surface area contributed by atoms with Gasteiger partial charge >= 0.3 is 0 Å². The average Bonchev–Trinajstić information content (AvgIpc) is 1.89. The van der Waals surface area contributed by atoms with E-state index in [1.807, 2.05) is 0 Å². The summed E-state index contributed by atoms with van der Waals surface area (Å²) in [5.41, 5.74) is 0. The van der Waals surface area contributed by atoms with E-state index in [1.165, 1.54) is 0 Å². The fourth-order valence-electron chi connectivity index (χ4n) is 1.20. The molecule has 54 valence electrons. The smallest absolute Gasteiger partial charge is 0.118 e. The van der Waals surface area contributed by atoms with E-state index in [9.17, 15) is 0 Å². The molecule has 3 nitrogen and oxygen atoms in total. The van der Waals surface area contributed by atoms with Crippen LogP contribution >= 0.6 is 0 Å². The molecule has 2 N–H and O–H groups in total. The van der Waals surface area contributed by atoms with E-state index >= 15 is 0 Å². The summed E-state index contributed by atoms with van der Waals surface area (Å²) in [6.07, 6.45) is 2.83. The van der Waals surface area contributed by atoms with Crippen LogP contribution in [0, 0.1) is 0 Å². The number of hydrogen-bond acceptors (Lipinski definition) is 3. The van der Waals surface area contributed by atoms with Crippen molar-refractivity contribution >= 4 is 0 Å². The second-order valence-electron chi connectivity index (χ2n) is 2.50. The Balaban J connectivity index is 2.30. The van der Waals surface area contributed by atoms with E-state index in [1.54, 1.807) is 0 Å². The van der Waals surface area contributed by atoms with E-state index in [0.29, 0.717) is 0 Å². The molecular weight excluding hydrogens is 120 g/mol. The zero-order chi connectivity index (χ0) is 6.69. The number of hydrogen-bond donors (Lipinski definition) is 2. The predicted octanol–water partition coefficient (Wildman–Crippen LogP) is 0.780. The van der Waals surface area contributed by atoms with Gasteiger partial charge in [0, 0.05) is 0 Å². The van der Waals surface area contributed by atoms with Gasteiger partial charge in [-0.2, -0.15) is 0 Å². The van der Waals surface area contributed by atoms with Crippen LogP contribution in [-0.2, 0) is 4.89 Å². The van der Waals surface area contributed by atoms with Crippen molar-refractivity contribution in [1.29, 1.82) is 0 Å². The zero-order valence-electron chi connectivity index (χ0n) is 5.29. The molecule has 9 heavy (non-hydrogen) atoms. The van der Waals surface area contributed by atoms with Crippen LogP contribution in [0.3, 0.4) is 0 Å². The Morgan fingerprint density at radius 3 is 2.33 bits per heavy atom. The van der Waals surface area contributed by atoms with Gasteiger partial charge < -0.3 is 5.11 Å². The quantitative estimate of drug-likeness (QED) is 0.409. The highest BCUT2D eigenvalue weighted by atomic mass is 17.1. The maximum Gasteiger partial charge on any atom is 0.118 e. The van der Waals surface area contributed by atoms with Crippen molar-refractivity contribution < 1.29 is 15.3 Å². The highest BCUT2D eigenvalue weighted by Crippen LogP contribution is 2.19. The Kier molecular flexibility index (Phi) is 2.45. The molecule has 0 heterocycles. The van der Waals surface area contributed by atoms with Crippen LogP contribution < -0.4 is 0 Å². The minimum atomic E-state index is -0.455. The lowest BCUT2D eigenvalue weighted by atomic mass is 9.95. The van der Waals surface area contributed by atoms with Crippen molar-refractivity contribution in [3.05, 3.63) is 0 Å². The van der Waals surface area contributed by atoms with Crippen LogP contribution in [0.15, 0.2) is 0 Å². The molecule has 1 aliphatic rings. The lowest BCUT2D eigenvalue weighted by Crippen LogP contribution is -2.31. The first-order valence-corrected chi connectivity index (χ1v) is 3.33. The second kappa shape index (κ2) is 3.15. The van der Waals surface area contributed by atoms with E-state index in [-0.39, 0.29) is 6.10 Å². The van der Waals surface area contributed by atoms with Gasteiger partial charge in [0.15, 0.2) is 0 Å². The van der Waals surface area contributed by atoms with Crippen molar-refractivity contribution in [2.24, 2.45) is 0 Å².